The number of carbonyl (C=O) groups is 1. The fraction of sp³-hybridized carbons (Fsp3) is 0.258. The van der Waals surface area contributed by atoms with Crippen molar-refractivity contribution in [3.8, 4) is 28.0 Å². The molecule has 0 unspecified atom stereocenters. The number of nitrogens with two attached hydrogens (primary N) is 1. The molecule has 1 heterocycles. The van der Waals surface area contributed by atoms with Gasteiger partial charge in [0.05, 0.1) is 19.2 Å². The normalized spacial score (nSPS) is 10.9. The van der Waals surface area contributed by atoms with Gasteiger partial charge in [0.25, 0.3) is 5.91 Å². The lowest BCUT2D eigenvalue weighted by Gasteiger charge is -2.16. The molecular weight excluding hydrogens is 432 g/mol. The standard InChI is InChI=1S/C31H34N2O2/c1-4-5-7-15-27-30(25-19-17-24(18-20-25)23-12-8-6-9-13-23)29(31(32)34)22(2)33(27)21-26-14-10-11-16-28(26)35-3/h6,8-14,16-20H,4-5,7,15,21H2,1-3H3,(H2,32,34). The van der Waals surface area contributed by atoms with Crippen molar-refractivity contribution in [2.75, 3.05) is 7.11 Å². The molecule has 1 aromatic heterocycles. The van der Waals surface area contributed by atoms with Gasteiger partial charge in [0.1, 0.15) is 5.75 Å². The molecule has 0 aliphatic carbocycles. The van der Waals surface area contributed by atoms with E-state index in [-0.39, 0.29) is 5.91 Å². The van der Waals surface area contributed by atoms with E-state index in [9.17, 15) is 4.79 Å². The van der Waals surface area contributed by atoms with E-state index in [1.807, 2.05) is 43.3 Å². The predicted octanol–water partition coefficient (Wildman–Crippen LogP) is 7.02. The number of para-hydroxylation sites is 1. The first-order valence-corrected chi connectivity index (χ1v) is 12.3. The molecule has 4 nitrogen and oxygen atoms in total. The van der Waals surface area contributed by atoms with Crippen LogP contribution < -0.4 is 10.5 Å². The first kappa shape index (κ1) is 24.3. The molecule has 0 radical (unpaired) electrons. The molecule has 2 N–H and O–H groups in total. The van der Waals surface area contributed by atoms with Crippen molar-refractivity contribution < 1.29 is 9.53 Å². The highest BCUT2D eigenvalue weighted by molar-refractivity contribution is 6.02. The molecule has 4 heteroatoms. The van der Waals surface area contributed by atoms with Crippen LogP contribution >= 0.6 is 0 Å². The number of hydrogen-bond donors (Lipinski definition) is 1. The van der Waals surface area contributed by atoms with Gasteiger partial charge < -0.3 is 15.0 Å². The topological polar surface area (TPSA) is 57.2 Å². The molecule has 0 aliphatic rings. The van der Waals surface area contributed by atoms with Crippen LogP contribution in [0.5, 0.6) is 5.75 Å². The van der Waals surface area contributed by atoms with Crippen molar-refractivity contribution in [3.05, 3.63) is 101 Å². The highest BCUT2D eigenvalue weighted by Crippen LogP contribution is 2.36. The average Bonchev–Trinajstić information content (AvgIpc) is 3.16. The van der Waals surface area contributed by atoms with Crippen molar-refractivity contribution in [2.45, 2.75) is 46.1 Å². The van der Waals surface area contributed by atoms with E-state index in [4.69, 9.17) is 10.5 Å². The van der Waals surface area contributed by atoms with Crippen LogP contribution in [0, 0.1) is 6.92 Å². The molecule has 0 aliphatic heterocycles. The van der Waals surface area contributed by atoms with Gasteiger partial charge in [0, 0.05) is 22.5 Å². The molecule has 3 aromatic carbocycles. The molecule has 4 aromatic rings. The van der Waals surface area contributed by atoms with Crippen molar-refractivity contribution in [2.24, 2.45) is 5.73 Å². The third-order valence-corrected chi connectivity index (χ3v) is 6.70. The van der Waals surface area contributed by atoms with Crippen molar-refractivity contribution >= 4 is 5.91 Å². The fourth-order valence-electron chi connectivity index (χ4n) is 4.89. The van der Waals surface area contributed by atoms with E-state index in [0.29, 0.717) is 12.1 Å². The van der Waals surface area contributed by atoms with E-state index < -0.39 is 0 Å². The number of primary amides is 1. The molecular formula is C31H34N2O2. The molecule has 0 spiro atoms. The summed E-state index contributed by atoms with van der Waals surface area (Å²) < 4.78 is 7.87. The number of nitrogens with zero attached hydrogens (tertiary/aromatic N) is 1. The van der Waals surface area contributed by atoms with Crippen molar-refractivity contribution in [1.82, 2.24) is 4.57 Å². The summed E-state index contributed by atoms with van der Waals surface area (Å²) in [7, 11) is 1.69. The van der Waals surface area contributed by atoms with Gasteiger partial charge in [-0.3, -0.25) is 4.79 Å². The van der Waals surface area contributed by atoms with Gasteiger partial charge in [-0.1, -0.05) is 92.6 Å². The predicted molar refractivity (Wildman–Crippen MR) is 144 cm³/mol. The van der Waals surface area contributed by atoms with Crippen LogP contribution in [0.2, 0.25) is 0 Å². The van der Waals surface area contributed by atoms with Crippen LogP contribution in [0.25, 0.3) is 22.3 Å². The smallest absolute Gasteiger partial charge is 0.251 e. The van der Waals surface area contributed by atoms with Crippen LogP contribution in [-0.2, 0) is 13.0 Å². The van der Waals surface area contributed by atoms with Gasteiger partial charge in [-0.05, 0) is 42.5 Å². The van der Waals surface area contributed by atoms with Crippen molar-refractivity contribution in [1.29, 1.82) is 0 Å². The Balaban J connectivity index is 1.85. The van der Waals surface area contributed by atoms with Crippen LogP contribution in [0.1, 0.15) is 53.5 Å². The molecule has 0 fully saturated rings. The van der Waals surface area contributed by atoms with Gasteiger partial charge in [-0.15, -0.1) is 0 Å². The Morgan fingerprint density at radius 3 is 2.14 bits per heavy atom. The molecule has 35 heavy (non-hydrogen) atoms. The van der Waals surface area contributed by atoms with E-state index in [1.54, 1.807) is 7.11 Å². The number of ether oxygens (including phenoxy) is 1. The lowest BCUT2D eigenvalue weighted by atomic mass is 9.95. The zero-order chi connectivity index (χ0) is 24.8. The van der Waals surface area contributed by atoms with E-state index >= 15 is 0 Å². The summed E-state index contributed by atoms with van der Waals surface area (Å²) in [4.78, 5) is 12.8. The molecule has 0 saturated carbocycles. The maximum absolute atomic E-state index is 12.8. The van der Waals surface area contributed by atoms with Gasteiger partial charge in [-0.25, -0.2) is 0 Å². The van der Waals surface area contributed by atoms with Gasteiger partial charge in [0.15, 0.2) is 0 Å². The Kier molecular flexibility index (Phi) is 7.71. The Morgan fingerprint density at radius 2 is 1.49 bits per heavy atom. The Bertz CT molecular complexity index is 1290. The monoisotopic (exact) mass is 466 g/mol. The first-order valence-electron chi connectivity index (χ1n) is 12.3. The van der Waals surface area contributed by atoms with Crippen LogP contribution in [0.4, 0.5) is 0 Å². The van der Waals surface area contributed by atoms with E-state index in [1.165, 1.54) is 5.56 Å². The second-order valence-electron chi connectivity index (χ2n) is 8.94. The average molecular weight is 467 g/mol. The van der Waals surface area contributed by atoms with Crippen LogP contribution in [-0.4, -0.2) is 17.6 Å². The number of carbonyl (C=O) groups excluding carboxylic acids is 1. The summed E-state index contributed by atoms with van der Waals surface area (Å²) in [5, 5.41) is 0. The molecule has 0 atom stereocenters. The summed E-state index contributed by atoms with van der Waals surface area (Å²) >= 11 is 0. The maximum atomic E-state index is 12.8. The second kappa shape index (κ2) is 11.1. The SMILES string of the molecule is CCCCCc1c(-c2ccc(-c3ccccc3)cc2)c(C(N)=O)c(C)n1Cc1ccccc1OC. The summed E-state index contributed by atoms with van der Waals surface area (Å²) in [6.07, 6.45) is 4.21. The zero-order valence-corrected chi connectivity index (χ0v) is 20.9. The minimum absolute atomic E-state index is 0.389. The fourth-order valence-corrected chi connectivity index (χ4v) is 4.89. The minimum atomic E-state index is -0.389. The number of amides is 1. The van der Waals surface area contributed by atoms with E-state index in [0.717, 1.165) is 65.1 Å². The first-order chi connectivity index (χ1) is 17.0. The number of hydrogen-bond acceptors (Lipinski definition) is 2. The minimum Gasteiger partial charge on any atom is -0.496 e. The Labute approximate surface area is 208 Å². The third-order valence-electron chi connectivity index (χ3n) is 6.70. The highest BCUT2D eigenvalue weighted by Gasteiger charge is 2.25. The number of unbranched alkanes of at least 4 members (excludes halogenated alkanes) is 2. The maximum Gasteiger partial charge on any atom is 0.251 e. The number of benzene rings is 3. The number of methoxy groups -OCH3 is 1. The Hall–Kier alpha value is -3.79. The van der Waals surface area contributed by atoms with E-state index in [2.05, 4.69) is 54.0 Å². The zero-order valence-electron chi connectivity index (χ0n) is 20.9. The highest BCUT2D eigenvalue weighted by atomic mass is 16.5. The molecule has 0 saturated heterocycles. The molecule has 4 rings (SSSR count). The van der Waals surface area contributed by atoms with Gasteiger partial charge >= 0.3 is 0 Å². The largest absolute Gasteiger partial charge is 0.496 e. The second-order valence-corrected chi connectivity index (χ2v) is 8.94. The quantitative estimate of drug-likeness (QED) is 0.255. The molecule has 180 valence electrons. The van der Waals surface area contributed by atoms with Crippen molar-refractivity contribution in [3.63, 3.8) is 0 Å². The summed E-state index contributed by atoms with van der Waals surface area (Å²) in [6.45, 7) is 4.83. The van der Waals surface area contributed by atoms with Crippen LogP contribution in [0.15, 0.2) is 78.9 Å². The Morgan fingerprint density at radius 1 is 0.857 bits per heavy atom. The summed E-state index contributed by atoms with van der Waals surface area (Å²) in [5.41, 5.74) is 14.0. The summed E-state index contributed by atoms with van der Waals surface area (Å²) in [6, 6.07) is 26.8. The molecule has 1 amide bonds. The molecule has 0 bridgehead atoms. The lowest BCUT2D eigenvalue weighted by molar-refractivity contribution is 0.1000. The number of aromatic nitrogens is 1. The van der Waals surface area contributed by atoms with Gasteiger partial charge in [-0.2, -0.15) is 0 Å². The lowest BCUT2D eigenvalue weighted by Crippen LogP contribution is -2.13. The van der Waals surface area contributed by atoms with Crippen LogP contribution in [0.3, 0.4) is 0 Å². The third kappa shape index (κ3) is 5.17. The number of rotatable bonds is 10. The van der Waals surface area contributed by atoms with Gasteiger partial charge in [0.2, 0.25) is 0 Å². The summed E-state index contributed by atoms with van der Waals surface area (Å²) in [5.74, 6) is 0.453.